The first kappa shape index (κ1) is 34.0. The van der Waals surface area contributed by atoms with Crippen molar-refractivity contribution in [2.75, 3.05) is 33.8 Å². The van der Waals surface area contributed by atoms with E-state index in [-0.39, 0.29) is 18.3 Å². The molecule has 0 heterocycles. The molecule has 4 nitrogen and oxygen atoms in total. The molecule has 0 aromatic rings. The quantitative estimate of drug-likeness (QED) is 0.181. The Morgan fingerprint density at radius 2 is 1.23 bits per heavy atom. The molecule has 0 unspecified atom stereocenters. The molecule has 0 aliphatic heterocycles. The number of rotatable bonds is 19. The van der Waals surface area contributed by atoms with E-state index >= 15 is 0 Å². The number of likely N-dealkylation sites (N-methyl/N-ethyl adjacent to an activating group) is 1. The van der Waals surface area contributed by atoms with Gasteiger partial charge >= 0.3 is 0 Å². The Kier molecular flexibility index (Phi) is 30.0. The van der Waals surface area contributed by atoms with E-state index in [2.05, 4.69) is 40.1 Å². The van der Waals surface area contributed by atoms with Gasteiger partial charge in [0, 0.05) is 6.42 Å². The normalized spacial score (nSPS) is 11.1. The zero-order valence-electron chi connectivity index (χ0n) is 20.6. The number of carbonyl (C=O) groups excluding carboxylic acids is 1. The number of quaternary nitrogens is 1. The fraction of sp³-hybridized carbons (Fsp3) is 0.880. The van der Waals surface area contributed by atoms with Crippen molar-refractivity contribution in [3.8, 4) is 0 Å². The summed E-state index contributed by atoms with van der Waals surface area (Å²) in [6, 6.07) is 0. The van der Waals surface area contributed by atoms with Gasteiger partial charge in [-0.15, -0.1) is 0 Å². The molecule has 30 heavy (non-hydrogen) atoms. The van der Waals surface area contributed by atoms with E-state index in [1.165, 1.54) is 77.0 Å². The highest BCUT2D eigenvalue weighted by atomic mass is 35.5. The van der Waals surface area contributed by atoms with Crippen LogP contribution in [0.15, 0.2) is 12.2 Å². The van der Waals surface area contributed by atoms with Crippen LogP contribution in [-0.4, -0.2) is 49.3 Å². The molecule has 0 rings (SSSR count). The monoisotopic (exact) mass is 448 g/mol. The van der Waals surface area contributed by atoms with Crippen LogP contribution in [0, 0.1) is 0 Å². The first-order valence-electron chi connectivity index (χ1n) is 12.3. The summed E-state index contributed by atoms with van der Waals surface area (Å²) in [4.78, 5) is 10.5. The lowest BCUT2D eigenvalue weighted by Crippen LogP contribution is -3.00. The molecule has 0 aliphatic carbocycles. The van der Waals surface area contributed by atoms with Gasteiger partial charge in [0.05, 0.1) is 27.2 Å². The first-order valence-corrected chi connectivity index (χ1v) is 12.3. The summed E-state index contributed by atoms with van der Waals surface area (Å²) in [6.07, 6.45) is 23.1. The van der Waals surface area contributed by atoms with Gasteiger partial charge in [0.15, 0.2) is 0 Å². The molecule has 3 N–H and O–H groups in total. The predicted molar refractivity (Wildman–Crippen MR) is 128 cm³/mol. The molecule has 1 amide bonds. The van der Waals surface area contributed by atoms with Crippen LogP contribution in [0.5, 0.6) is 0 Å². The van der Waals surface area contributed by atoms with E-state index in [1.54, 1.807) is 0 Å². The number of nitrogens with two attached hydrogens (primary N) is 1. The number of amides is 1. The summed E-state index contributed by atoms with van der Waals surface area (Å²) in [5.41, 5.74) is 5.10. The summed E-state index contributed by atoms with van der Waals surface area (Å²) in [7, 11) is 4.28. The van der Waals surface area contributed by atoms with Crippen molar-refractivity contribution in [3.05, 3.63) is 12.2 Å². The lowest BCUT2D eigenvalue weighted by molar-refractivity contribution is -0.890. The van der Waals surface area contributed by atoms with Gasteiger partial charge in [-0.1, -0.05) is 77.4 Å². The summed E-state index contributed by atoms with van der Waals surface area (Å²) >= 11 is 0. The number of aliphatic hydroxyl groups is 1. The smallest absolute Gasteiger partial charge is 0.217 e. The van der Waals surface area contributed by atoms with E-state index in [0.29, 0.717) is 13.0 Å². The van der Waals surface area contributed by atoms with Crippen LogP contribution in [0.4, 0.5) is 0 Å². The Morgan fingerprint density at radius 1 is 0.767 bits per heavy atom. The second kappa shape index (κ2) is 26.5. The number of allylic oxidation sites excluding steroid dienone is 2. The van der Waals surface area contributed by atoms with E-state index in [9.17, 15) is 4.79 Å². The maximum Gasteiger partial charge on any atom is 0.217 e. The molecule has 0 bridgehead atoms. The summed E-state index contributed by atoms with van der Waals surface area (Å²) in [5, 5.41) is 8.61. The van der Waals surface area contributed by atoms with E-state index in [1.807, 2.05) is 0 Å². The molecule has 0 aromatic heterocycles. The zero-order valence-corrected chi connectivity index (χ0v) is 21.4. The number of carbonyl (C=O) groups is 1. The van der Waals surface area contributed by atoms with Gasteiger partial charge < -0.3 is 27.7 Å². The average molecular weight is 449 g/mol. The Balaban J connectivity index is -0.000000616. The number of unbranched alkanes of at least 4 members (excludes halogenated alkanes) is 11. The Hall–Kier alpha value is -0.580. The average Bonchev–Trinajstić information content (AvgIpc) is 2.65. The van der Waals surface area contributed by atoms with Gasteiger partial charge in [-0.2, -0.15) is 0 Å². The molecule has 5 heteroatoms. The molecule has 0 saturated carbocycles. The molecule has 0 aromatic carbocycles. The fourth-order valence-corrected chi connectivity index (χ4v) is 3.36. The number of halogens is 1. The van der Waals surface area contributed by atoms with Crippen LogP contribution < -0.4 is 18.1 Å². The van der Waals surface area contributed by atoms with Crippen molar-refractivity contribution in [1.82, 2.24) is 0 Å². The molecule has 0 atom stereocenters. The van der Waals surface area contributed by atoms with Crippen LogP contribution >= 0.6 is 0 Å². The van der Waals surface area contributed by atoms with Crippen molar-refractivity contribution in [3.63, 3.8) is 0 Å². The van der Waals surface area contributed by atoms with Crippen molar-refractivity contribution in [2.24, 2.45) is 5.73 Å². The highest BCUT2D eigenvalue weighted by Crippen LogP contribution is 2.09. The van der Waals surface area contributed by atoms with Crippen molar-refractivity contribution >= 4 is 5.91 Å². The molecule has 0 fully saturated rings. The van der Waals surface area contributed by atoms with Crippen LogP contribution in [-0.2, 0) is 4.79 Å². The number of primary amides is 1. The number of hydrogen-bond acceptors (Lipinski definition) is 2. The topological polar surface area (TPSA) is 63.3 Å². The second-order valence-corrected chi connectivity index (χ2v) is 8.91. The highest BCUT2D eigenvalue weighted by Gasteiger charge is 2.10. The van der Waals surface area contributed by atoms with E-state index in [0.717, 1.165) is 30.4 Å². The minimum absolute atomic E-state index is 0. The zero-order chi connectivity index (χ0) is 22.2. The molecular weight excluding hydrogens is 396 g/mol. The maximum atomic E-state index is 10.5. The standard InChI is InChI=1S/C18H35NO.C7H18NO.ClH/c1-2-3-4-5-6-7-8-9-10-11-12-13-14-15-16-17-18(19)20;1-4-5-8(2,3)6-7-9;/h9-10H,2-8,11-17H2,1H3,(H2,19,20);9H,4-7H2,1-3H3;1H/q;+1;/p-1/b10-9-;;. The van der Waals surface area contributed by atoms with Gasteiger partial charge in [-0.25, -0.2) is 0 Å². The van der Waals surface area contributed by atoms with E-state index < -0.39 is 0 Å². The van der Waals surface area contributed by atoms with Gasteiger partial charge in [0.2, 0.25) is 5.91 Å². The largest absolute Gasteiger partial charge is 1.00 e. The Bertz CT molecular complexity index is 366. The lowest BCUT2D eigenvalue weighted by atomic mass is 10.1. The fourth-order valence-electron chi connectivity index (χ4n) is 3.36. The molecular formula is C25H53ClN2O2. The molecule has 0 spiro atoms. The van der Waals surface area contributed by atoms with Crippen LogP contribution in [0.1, 0.15) is 110 Å². The minimum Gasteiger partial charge on any atom is -1.00 e. The first-order chi connectivity index (χ1) is 13.9. The number of nitrogens with zero attached hydrogens (tertiary/aromatic N) is 1. The van der Waals surface area contributed by atoms with Crippen LogP contribution in [0.2, 0.25) is 0 Å². The van der Waals surface area contributed by atoms with Crippen molar-refractivity contribution < 1.29 is 26.8 Å². The highest BCUT2D eigenvalue weighted by molar-refractivity contribution is 5.73. The van der Waals surface area contributed by atoms with Crippen molar-refractivity contribution in [1.29, 1.82) is 0 Å². The van der Waals surface area contributed by atoms with Gasteiger partial charge in [-0.3, -0.25) is 4.79 Å². The van der Waals surface area contributed by atoms with Gasteiger partial charge in [-0.05, 0) is 38.5 Å². The molecule has 0 saturated heterocycles. The third kappa shape index (κ3) is 32.1. The SMILES string of the molecule is CCCCCCCC/C=C\CCCCCCCC(N)=O.CCC[N+](C)(C)CCO.[Cl-]. The molecule has 182 valence electrons. The molecule has 0 radical (unpaired) electrons. The second-order valence-electron chi connectivity index (χ2n) is 8.91. The van der Waals surface area contributed by atoms with Gasteiger partial charge in [0.25, 0.3) is 0 Å². The predicted octanol–water partition coefficient (Wildman–Crippen LogP) is 2.98. The number of hydrogen-bond donors (Lipinski definition) is 2. The third-order valence-corrected chi connectivity index (χ3v) is 5.22. The summed E-state index contributed by atoms with van der Waals surface area (Å²) in [5.74, 6) is -0.164. The Labute approximate surface area is 194 Å². The van der Waals surface area contributed by atoms with Crippen molar-refractivity contribution in [2.45, 2.75) is 110 Å². The van der Waals surface area contributed by atoms with Crippen LogP contribution in [0.3, 0.4) is 0 Å². The molecule has 0 aliphatic rings. The maximum absolute atomic E-state index is 10.5. The third-order valence-electron chi connectivity index (χ3n) is 5.22. The minimum atomic E-state index is -0.164. The summed E-state index contributed by atoms with van der Waals surface area (Å²) < 4.78 is 0.938. The summed E-state index contributed by atoms with van der Waals surface area (Å²) in [6.45, 7) is 6.75. The van der Waals surface area contributed by atoms with E-state index in [4.69, 9.17) is 10.8 Å². The van der Waals surface area contributed by atoms with Gasteiger partial charge in [0.1, 0.15) is 6.54 Å². The van der Waals surface area contributed by atoms with Crippen LogP contribution in [0.25, 0.3) is 0 Å². The Morgan fingerprint density at radius 3 is 1.67 bits per heavy atom. The lowest BCUT2D eigenvalue weighted by Gasteiger charge is -2.28. The number of aliphatic hydroxyl groups excluding tert-OH is 1.